The lowest BCUT2D eigenvalue weighted by Gasteiger charge is -2.32. The first-order valence-electron chi connectivity index (χ1n) is 10.8. The largest absolute Gasteiger partial charge is 0.790 e. The number of carboxylic acids is 1. The molecule has 0 aliphatic rings. The van der Waals surface area contributed by atoms with Gasteiger partial charge in [0.1, 0.15) is 21.7 Å². The maximum absolute atomic E-state index is 10.5. The van der Waals surface area contributed by atoms with Crippen LogP contribution in [0.5, 0.6) is 0 Å². The standard InChI is InChI=1S/C3H8O10P2.C3H7O6P.C2H4O2.CH4O5P2.H4O7P2.2H3O4P/c4-2(1-12-14(6,7)8)3(5)13-15(9,10)11;4-1-3(5)2-9-10(6,7)8;1-2(3)4;1-7(2)6-8(3,4)5;1-8(2,3)7-9(4,5)6;2*1-5(2,3)4/h2,4H,1H2,(H2,6,7,8)(H2,9,10,11);1,3,5H,2H2,(H2,6,7,8);1H3,(H,3,4);1H3,(H-,3,4,5);(H2,1,2,3)(H2,4,5,6);2*(H3,1,2,3,4)/p-15/t2-;3-;;;;;/m10...../s1. The van der Waals surface area contributed by atoms with E-state index in [-0.39, 0.29) is 6.29 Å². The molecule has 0 heterocycles. The van der Waals surface area contributed by atoms with Crippen molar-refractivity contribution in [1.29, 1.82) is 0 Å². The lowest BCUT2D eigenvalue weighted by molar-refractivity contribution is -0.344. The third-order valence-corrected chi connectivity index (χ3v) is 6.52. The molecule has 4 atom stereocenters. The van der Waals surface area contributed by atoms with Crippen LogP contribution in [0.15, 0.2) is 0 Å². The molecular weight excluding hydrogens is 995 g/mol. The molecule has 0 saturated heterocycles. The minimum Gasteiger partial charge on any atom is -0.790 e. The molecule has 0 radical (unpaired) electrons. The molecule has 0 amide bonds. The number of carbonyl (C=O) groups excluding carboxylic acids is 3. The van der Waals surface area contributed by atoms with Gasteiger partial charge in [0, 0.05) is 5.97 Å². The van der Waals surface area contributed by atoms with E-state index in [0.29, 0.717) is 0 Å². The van der Waals surface area contributed by atoms with Gasteiger partial charge in [0.2, 0.25) is 0 Å². The number of hydrogen-bond acceptors (Lipinski definition) is 35. The highest BCUT2D eigenvalue weighted by Gasteiger charge is 2.18. The molecule has 47 heteroatoms. The molecule has 0 bridgehead atoms. The SMILES string of the molecule is CC(=O)[O-].C[P+](=O)OP(=O)([O-])[O-].O=C(OP(=O)([O-])[O-])[C@H](O)COP(=O)([O-])[O-].O=C[C@H](O)COP(=O)([O-])[O-].O=P([O-])([O-])O.O=P([O-])([O-])O.O=P([O-])([O-])OP(=O)([O-])O. The van der Waals surface area contributed by atoms with Gasteiger partial charge in [-0.3, -0.25) is 8.88 Å². The normalized spacial score (nSPS) is 14.1. The summed E-state index contributed by atoms with van der Waals surface area (Å²) >= 11 is 0. The van der Waals surface area contributed by atoms with Crippen LogP contribution in [-0.2, 0) is 77.7 Å². The van der Waals surface area contributed by atoms with Gasteiger partial charge < -0.3 is 159 Å². The highest BCUT2D eigenvalue weighted by atomic mass is 31.3. The second-order valence-electron chi connectivity index (χ2n) is 6.96. The monoisotopic (exact) mass is 1010 g/mol. The van der Waals surface area contributed by atoms with E-state index in [1.54, 1.807) is 0 Å². The number of rotatable bonds is 13. The van der Waals surface area contributed by atoms with Gasteiger partial charge >= 0.3 is 14.0 Å². The summed E-state index contributed by atoms with van der Waals surface area (Å²) in [6.45, 7) is -0.186. The number of carbonyl (C=O) groups is 3. The van der Waals surface area contributed by atoms with Gasteiger partial charge in [0.25, 0.3) is 7.82 Å². The van der Waals surface area contributed by atoms with Crippen molar-refractivity contribution in [2.75, 3.05) is 19.9 Å². The molecular formula is C9H18O38P9-15. The average molecular weight is 1010 g/mol. The molecule has 56 heavy (non-hydrogen) atoms. The molecule has 0 spiro atoms. The molecule has 0 fully saturated rings. The summed E-state index contributed by atoms with van der Waals surface area (Å²) in [5.41, 5.74) is 0. The minimum atomic E-state index is -5.63. The van der Waals surface area contributed by atoms with Gasteiger partial charge in [-0.05, 0) is 11.5 Å². The Balaban J connectivity index is -0.000000105. The summed E-state index contributed by atoms with van der Waals surface area (Å²) in [5, 5.41) is 25.9. The van der Waals surface area contributed by atoms with Crippen LogP contribution >= 0.6 is 70.6 Å². The number of aldehydes is 1. The van der Waals surface area contributed by atoms with Crippen LogP contribution in [0, 0.1) is 0 Å². The van der Waals surface area contributed by atoms with E-state index in [9.17, 15) is 95.4 Å². The average Bonchev–Trinajstić information content (AvgIpc) is 2.78. The van der Waals surface area contributed by atoms with Crippen molar-refractivity contribution >= 4 is 88.8 Å². The zero-order valence-corrected chi connectivity index (χ0v) is 33.9. The number of phosphoric ester groups is 3. The molecule has 2 unspecified atom stereocenters. The first-order valence-corrected chi connectivity index (χ1v) is 24.2. The van der Waals surface area contributed by atoms with Crippen LogP contribution in [-0.4, -0.2) is 75.2 Å². The third-order valence-electron chi connectivity index (χ3n) is 1.84. The molecule has 0 saturated carbocycles. The molecule has 0 aliphatic heterocycles. The molecule has 38 nitrogen and oxygen atoms in total. The quantitative estimate of drug-likeness (QED) is 0.0845. The summed E-state index contributed by atoms with van der Waals surface area (Å²) in [5.74, 6) is -3.02. The number of phosphoric acid groups is 8. The van der Waals surface area contributed by atoms with Crippen molar-refractivity contribution < 1.29 is 181 Å². The van der Waals surface area contributed by atoms with E-state index in [2.05, 4.69) is 22.2 Å². The van der Waals surface area contributed by atoms with E-state index in [1.165, 1.54) is 0 Å². The Kier molecular flexibility index (Phi) is 39.4. The van der Waals surface area contributed by atoms with Crippen LogP contribution in [0.25, 0.3) is 0 Å². The molecule has 342 valence electrons. The summed E-state index contributed by atoms with van der Waals surface area (Å²) in [6.07, 6.45) is -3.86. The summed E-state index contributed by atoms with van der Waals surface area (Å²) < 4.78 is 101. The van der Waals surface area contributed by atoms with E-state index in [4.69, 9.17) is 63.5 Å². The summed E-state index contributed by atoms with van der Waals surface area (Å²) in [6, 6.07) is 0. The van der Waals surface area contributed by atoms with Crippen LogP contribution in [0.1, 0.15) is 6.92 Å². The fourth-order valence-electron chi connectivity index (χ4n) is 0.875. The Bertz CT molecular complexity index is 1460. The summed E-state index contributed by atoms with van der Waals surface area (Å²) in [4.78, 5) is 191. The van der Waals surface area contributed by atoms with Crippen molar-refractivity contribution in [3.63, 3.8) is 0 Å². The lowest BCUT2D eigenvalue weighted by Crippen LogP contribution is -2.32. The topological polar surface area (TPSA) is 721 Å². The number of aliphatic hydroxyl groups excluding tert-OH is 2. The van der Waals surface area contributed by atoms with Crippen molar-refractivity contribution in [3.05, 3.63) is 0 Å². The van der Waals surface area contributed by atoms with Gasteiger partial charge in [-0.15, -0.1) is 4.31 Å². The predicted octanol–water partition coefficient (Wildman–Crippen LogP) is -16.2. The fraction of sp³-hybridized carbons (Fsp3) is 0.667. The third kappa shape index (κ3) is 131. The molecule has 0 aromatic rings. The Labute approximate surface area is 309 Å². The Morgan fingerprint density at radius 3 is 1.05 bits per heavy atom. The van der Waals surface area contributed by atoms with Gasteiger partial charge in [-0.1, -0.05) is 0 Å². The van der Waals surface area contributed by atoms with Crippen LogP contribution in [0.3, 0.4) is 0 Å². The van der Waals surface area contributed by atoms with Crippen LogP contribution in [0.2, 0.25) is 0 Å². The molecule has 0 aromatic heterocycles. The number of hydrogen-bond donors (Lipinski definition) is 5. The predicted molar refractivity (Wildman–Crippen MR) is 130 cm³/mol. The molecule has 5 N–H and O–H groups in total. The van der Waals surface area contributed by atoms with Crippen LogP contribution in [0.4, 0.5) is 0 Å². The zero-order valence-electron chi connectivity index (χ0n) is 25.9. The van der Waals surface area contributed by atoms with E-state index in [1.807, 2.05) is 0 Å². The second-order valence-corrected chi connectivity index (χ2v) is 17.1. The number of aliphatic carboxylic acids is 1. The molecule has 0 rings (SSSR count). The number of aliphatic hydroxyl groups is 2. The van der Waals surface area contributed by atoms with Gasteiger partial charge in [0.05, 0.1) is 52.3 Å². The zero-order chi connectivity index (χ0) is 47.5. The van der Waals surface area contributed by atoms with Gasteiger partial charge in [0.15, 0.2) is 19.1 Å². The maximum Gasteiger partial charge on any atom is 0.508 e. The first kappa shape index (κ1) is 70.2. The minimum absolute atomic E-state index is 0.0651. The van der Waals surface area contributed by atoms with Crippen molar-refractivity contribution in [3.8, 4) is 0 Å². The summed E-state index contributed by atoms with van der Waals surface area (Å²) in [7, 11) is -44.7. The lowest BCUT2D eigenvalue weighted by atomic mass is 10.4. The van der Waals surface area contributed by atoms with E-state index in [0.717, 1.165) is 13.6 Å². The van der Waals surface area contributed by atoms with Gasteiger partial charge in [-0.25, -0.2) is 4.79 Å². The fourth-order valence-corrected chi connectivity index (χ4v) is 4.01. The van der Waals surface area contributed by atoms with E-state index < -0.39 is 108 Å². The second kappa shape index (κ2) is 31.5. The number of carboxylic acid groups (broad SMARTS) is 1. The Morgan fingerprint density at radius 1 is 0.625 bits per heavy atom. The molecule has 0 aliphatic carbocycles. The smallest absolute Gasteiger partial charge is 0.508 e. The van der Waals surface area contributed by atoms with Crippen molar-refractivity contribution in [1.82, 2.24) is 0 Å². The van der Waals surface area contributed by atoms with Gasteiger partial charge in [-0.2, -0.15) is 0 Å². The van der Waals surface area contributed by atoms with E-state index >= 15 is 0 Å². The van der Waals surface area contributed by atoms with Crippen molar-refractivity contribution in [2.24, 2.45) is 0 Å². The maximum atomic E-state index is 10.5. The Hall–Kier alpha value is -0.410. The Morgan fingerprint density at radius 2 is 0.911 bits per heavy atom. The van der Waals surface area contributed by atoms with Crippen LogP contribution < -0.4 is 78.5 Å². The highest BCUT2D eigenvalue weighted by molar-refractivity contribution is 7.58. The highest BCUT2D eigenvalue weighted by Crippen LogP contribution is 2.45. The molecule has 0 aromatic carbocycles. The first-order chi connectivity index (χ1) is 23.8. The van der Waals surface area contributed by atoms with Crippen molar-refractivity contribution in [2.45, 2.75) is 19.1 Å².